The monoisotopic (exact) mass is 441 g/mol. The van der Waals surface area contributed by atoms with E-state index in [0.717, 1.165) is 11.3 Å². The lowest BCUT2D eigenvalue weighted by molar-refractivity contribution is -0.384. The molecule has 9 nitrogen and oxygen atoms in total. The van der Waals surface area contributed by atoms with Crippen LogP contribution in [-0.4, -0.2) is 32.7 Å². The Morgan fingerprint density at radius 2 is 1.97 bits per heavy atom. The number of carbonyl (C=O) groups excluding carboxylic acids is 1. The van der Waals surface area contributed by atoms with Crippen molar-refractivity contribution >= 4 is 23.4 Å². The SMILES string of the molecule is COc1cccc(CSc2nnc(CNC(=O)C(C)C)n2-c2ccc([N+](=O)[O-])cc2)c1. The minimum absolute atomic E-state index is 0.00271. The number of thioether (sulfide) groups is 1. The molecule has 1 heterocycles. The molecule has 0 spiro atoms. The molecular formula is C21H23N5O4S. The first kappa shape index (κ1) is 22.3. The molecule has 0 fully saturated rings. The van der Waals surface area contributed by atoms with E-state index in [-0.39, 0.29) is 24.1 Å². The number of methoxy groups -OCH3 is 1. The van der Waals surface area contributed by atoms with Gasteiger partial charge in [0.1, 0.15) is 5.75 Å². The summed E-state index contributed by atoms with van der Waals surface area (Å²) in [6.07, 6.45) is 0. The van der Waals surface area contributed by atoms with Gasteiger partial charge >= 0.3 is 0 Å². The average molecular weight is 442 g/mol. The Morgan fingerprint density at radius 1 is 1.23 bits per heavy atom. The van der Waals surface area contributed by atoms with Gasteiger partial charge in [0.05, 0.1) is 18.6 Å². The molecule has 0 aliphatic carbocycles. The van der Waals surface area contributed by atoms with Crippen molar-refractivity contribution in [3.8, 4) is 11.4 Å². The zero-order chi connectivity index (χ0) is 22.4. The van der Waals surface area contributed by atoms with Crippen LogP contribution in [0, 0.1) is 16.0 Å². The van der Waals surface area contributed by atoms with Gasteiger partial charge in [-0.1, -0.05) is 37.7 Å². The summed E-state index contributed by atoms with van der Waals surface area (Å²) in [5, 5.41) is 23.0. The Labute approximate surface area is 184 Å². The fourth-order valence-electron chi connectivity index (χ4n) is 2.77. The zero-order valence-corrected chi connectivity index (χ0v) is 18.3. The van der Waals surface area contributed by atoms with E-state index in [4.69, 9.17) is 4.74 Å². The maximum atomic E-state index is 12.0. The largest absolute Gasteiger partial charge is 0.497 e. The number of aromatic nitrogens is 3. The van der Waals surface area contributed by atoms with Gasteiger partial charge in [-0.2, -0.15) is 0 Å². The summed E-state index contributed by atoms with van der Waals surface area (Å²) in [5.41, 5.74) is 1.73. The van der Waals surface area contributed by atoms with E-state index in [9.17, 15) is 14.9 Å². The number of carbonyl (C=O) groups is 1. The first-order chi connectivity index (χ1) is 14.9. The van der Waals surface area contributed by atoms with Gasteiger partial charge in [0.15, 0.2) is 11.0 Å². The highest BCUT2D eigenvalue weighted by Gasteiger charge is 2.17. The third kappa shape index (κ3) is 5.60. The number of nitrogens with zero attached hydrogens (tertiary/aromatic N) is 4. The van der Waals surface area contributed by atoms with Crippen molar-refractivity contribution in [2.75, 3.05) is 7.11 Å². The first-order valence-electron chi connectivity index (χ1n) is 9.61. The number of nitro benzene ring substituents is 1. The van der Waals surface area contributed by atoms with Crippen molar-refractivity contribution in [3.05, 3.63) is 70.0 Å². The summed E-state index contributed by atoms with van der Waals surface area (Å²) in [5.74, 6) is 1.69. The van der Waals surface area contributed by atoms with Crippen LogP contribution in [-0.2, 0) is 17.1 Å². The Hall–Kier alpha value is -3.40. The molecule has 3 aromatic rings. The van der Waals surface area contributed by atoms with Crippen LogP contribution in [0.3, 0.4) is 0 Å². The van der Waals surface area contributed by atoms with Crippen molar-refractivity contribution in [2.24, 2.45) is 5.92 Å². The molecule has 0 unspecified atom stereocenters. The molecule has 1 N–H and O–H groups in total. The van der Waals surface area contributed by atoms with E-state index in [1.165, 1.54) is 23.9 Å². The molecule has 162 valence electrons. The van der Waals surface area contributed by atoms with Crippen molar-refractivity contribution in [1.82, 2.24) is 20.1 Å². The second-order valence-electron chi connectivity index (χ2n) is 7.02. The summed E-state index contributed by atoms with van der Waals surface area (Å²) in [7, 11) is 1.62. The number of non-ortho nitro benzene ring substituents is 1. The molecule has 0 aliphatic heterocycles. The molecule has 0 aliphatic rings. The number of rotatable bonds is 9. The molecule has 0 radical (unpaired) electrons. The third-order valence-electron chi connectivity index (χ3n) is 4.47. The summed E-state index contributed by atoms with van der Waals surface area (Å²) in [4.78, 5) is 22.6. The maximum absolute atomic E-state index is 12.0. The molecule has 2 aromatic carbocycles. The summed E-state index contributed by atoms with van der Waals surface area (Å²) < 4.78 is 7.07. The number of hydrogen-bond acceptors (Lipinski definition) is 7. The molecule has 0 bridgehead atoms. The molecule has 1 aromatic heterocycles. The van der Waals surface area contributed by atoms with E-state index >= 15 is 0 Å². The standard InChI is InChI=1S/C21H23N5O4S/c1-14(2)20(27)22-12-19-23-24-21(31-13-15-5-4-6-18(11-15)30-3)25(19)16-7-9-17(10-8-16)26(28)29/h4-11,14H,12-13H2,1-3H3,(H,22,27). The third-order valence-corrected chi connectivity index (χ3v) is 5.47. The van der Waals surface area contributed by atoms with Crippen LogP contribution in [0.25, 0.3) is 5.69 Å². The normalized spacial score (nSPS) is 10.8. The van der Waals surface area contributed by atoms with Crippen molar-refractivity contribution in [1.29, 1.82) is 0 Å². The minimum atomic E-state index is -0.446. The van der Waals surface area contributed by atoms with Crippen molar-refractivity contribution < 1.29 is 14.5 Å². The molecule has 31 heavy (non-hydrogen) atoms. The molecule has 0 saturated carbocycles. The fraction of sp³-hybridized carbons (Fsp3) is 0.286. The van der Waals surface area contributed by atoms with Gasteiger partial charge in [0, 0.05) is 29.5 Å². The Kier molecular flexibility index (Phi) is 7.24. The Morgan fingerprint density at radius 3 is 2.61 bits per heavy atom. The smallest absolute Gasteiger partial charge is 0.269 e. The van der Waals surface area contributed by atoms with E-state index in [2.05, 4.69) is 15.5 Å². The number of hydrogen-bond donors (Lipinski definition) is 1. The van der Waals surface area contributed by atoms with E-state index in [1.807, 2.05) is 38.1 Å². The van der Waals surface area contributed by atoms with Gasteiger partial charge < -0.3 is 10.1 Å². The summed E-state index contributed by atoms with van der Waals surface area (Å²) in [6, 6.07) is 13.9. The van der Waals surface area contributed by atoms with Crippen LogP contribution in [0.4, 0.5) is 5.69 Å². The number of nitrogens with one attached hydrogen (secondary N) is 1. The van der Waals surface area contributed by atoms with Gasteiger partial charge in [-0.15, -0.1) is 10.2 Å². The lowest BCUT2D eigenvalue weighted by Gasteiger charge is -2.12. The van der Waals surface area contributed by atoms with Crippen molar-refractivity contribution in [3.63, 3.8) is 0 Å². The summed E-state index contributed by atoms with van der Waals surface area (Å²) in [6.45, 7) is 3.82. The maximum Gasteiger partial charge on any atom is 0.269 e. The fourth-order valence-corrected chi connectivity index (χ4v) is 3.69. The molecule has 3 rings (SSSR count). The lowest BCUT2D eigenvalue weighted by Crippen LogP contribution is -2.28. The van der Waals surface area contributed by atoms with Crippen molar-refractivity contribution in [2.45, 2.75) is 31.3 Å². The quantitative estimate of drug-likeness (QED) is 0.306. The van der Waals surface area contributed by atoms with Gasteiger partial charge in [0.25, 0.3) is 5.69 Å². The number of amides is 1. The Balaban J connectivity index is 1.88. The number of ether oxygens (including phenoxy) is 1. The minimum Gasteiger partial charge on any atom is -0.497 e. The van der Waals surface area contributed by atoms with E-state index in [0.29, 0.717) is 22.4 Å². The van der Waals surface area contributed by atoms with Gasteiger partial charge in [-0.05, 0) is 29.8 Å². The topological polar surface area (TPSA) is 112 Å². The molecular weight excluding hydrogens is 418 g/mol. The van der Waals surface area contributed by atoms with Gasteiger partial charge in [0.2, 0.25) is 5.91 Å². The molecule has 10 heteroatoms. The van der Waals surface area contributed by atoms with E-state index in [1.54, 1.807) is 23.8 Å². The summed E-state index contributed by atoms with van der Waals surface area (Å²) >= 11 is 1.47. The van der Waals surface area contributed by atoms with Crippen LogP contribution >= 0.6 is 11.8 Å². The van der Waals surface area contributed by atoms with Gasteiger partial charge in [-0.3, -0.25) is 19.5 Å². The van der Waals surface area contributed by atoms with Crippen LogP contribution in [0.5, 0.6) is 5.75 Å². The average Bonchev–Trinajstić information content (AvgIpc) is 3.18. The van der Waals surface area contributed by atoms with Crippen LogP contribution < -0.4 is 10.1 Å². The lowest BCUT2D eigenvalue weighted by atomic mass is 10.2. The molecule has 1 amide bonds. The number of benzene rings is 2. The second-order valence-corrected chi connectivity index (χ2v) is 7.96. The first-order valence-corrected chi connectivity index (χ1v) is 10.6. The van der Waals surface area contributed by atoms with Crippen LogP contribution in [0.15, 0.2) is 53.7 Å². The van der Waals surface area contributed by atoms with Crippen LogP contribution in [0.2, 0.25) is 0 Å². The second kappa shape index (κ2) is 10.1. The zero-order valence-electron chi connectivity index (χ0n) is 17.4. The van der Waals surface area contributed by atoms with E-state index < -0.39 is 4.92 Å². The Bertz CT molecular complexity index is 1070. The number of nitro groups is 1. The highest BCUT2D eigenvalue weighted by Crippen LogP contribution is 2.27. The molecule has 0 atom stereocenters. The predicted molar refractivity (Wildman–Crippen MR) is 117 cm³/mol. The highest BCUT2D eigenvalue weighted by atomic mass is 32.2. The predicted octanol–water partition coefficient (Wildman–Crippen LogP) is 3.75. The van der Waals surface area contributed by atoms with Crippen LogP contribution in [0.1, 0.15) is 25.2 Å². The van der Waals surface area contributed by atoms with Gasteiger partial charge in [-0.25, -0.2) is 0 Å². The molecule has 0 saturated heterocycles. The highest BCUT2D eigenvalue weighted by molar-refractivity contribution is 7.98.